The maximum Gasteiger partial charge on any atom is 0.122 e. The van der Waals surface area contributed by atoms with Crippen molar-refractivity contribution in [2.75, 3.05) is 32.6 Å². The van der Waals surface area contributed by atoms with Crippen molar-refractivity contribution in [2.45, 2.75) is 12.8 Å². The third kappa shape index (κ3) is 2.89. The van der Waals surface area contributed by atoms with Gasteiger partial charge in [-0.05, 0) is 30.7 Å². The molecule has 1 heterocycles. The van der Waals surface area contributed by atoms with Crippen molar-refractivity contribution >= 4 is 11.6 Å². The molecule has 1 aromatic rings. The first-order chi connectivity index (χ1) is 7.79. The number of likely N-dealkylation sites (N-methyl/N-ethyl adjacent to an activating group) is 1. The molecule has 0 unspecified atom stereocenters. The number of rotatable bonds is 5. The predicted octanol–water partition coefficient (Wildman–Crippen LogP) is 2.33. The first kappa shape index (κ1) is 11.7. The SMILES string of the molecule is CN(CCCl)CCc1ccc2c(c1)CCO2. The van der Waals surface area contributed by atoms with Gasteiger partial charge in [-0.25, -0.2) is 0 Å². The maximum atomic E-state index is 5.70. The van der Waals surface area contributed by atoms with Crippen molar-refractivity contribution in [1.82, 2.24) is 4.90 Å². The summed E-state index contributed by atoms with van der Waals surface area (Å²) in [7, 11) is 2.11. The number of hydrogen-bond donors (Lipinski definition) is 0. The second-order valence-corrected chi connectivity index (χ2v) is 4.66. The van der Waals surface area contributed by atoms with Crippen LogP contribution < -0.4 is 4.74 Å². The van der Waals surface area contributed by atoms with E-state index >= 15 is 0 Å². The lowest BCUT2D eigenvalue weighted by molar-refractivity contribution is 0.356. The minimum Gasteiger partial charge on any atom is -0.493 e. The van der Waals surface area contributed by atoms with E-state index in [1.165, 1.54) is 11.1 Å². The molecule has 1 aliphatic heterocycles. The van der Waals surface area contributed by atoms with E-state index in [4.69, 9.17) is 16.3 Å². The summed E-state index contributed by atoms with van der Waals surface area (Å²) in [5.74, 6) is 1.77. The zero-order valence-corrected chi connectivity index (χ0v) is 10.5. The lowest BCUT2D eigenvalue weighted by Crippen LogP contribution is -2.23. The van der Waals surface area contributed by atoms with Crippen molar-refractivity contribution in [2.24, 2.45) is 0 Å². The molecule has 16 heavy (non-hydrogen) atoms. The number of ether oxygens (including phenoxy) is 1. The topological polar surface area (TPSA) is 12.5 Å². The third-order valence-electron chi connectivity index (χ3n) is 3.00. The molecule has 0 atom stereocenters. The normalized spacial score (nSPS) is 13.9. The van der Waals surface area contributed by atoms with Crippen molar-refractivity contribution in [3.63, 3.8) is 0 Å². The van der Waals surface area contributed by atoms with E-state index < -0.39 is 0 Å². The van der Waals surface area contributed by atoms with E-state index in [2.05, 4.69) is 30.1 Å². The van der Waals surface area contributed by atoms with E-state index in [0.717, 1.165) is 38.3 Å². The second kappa shape index (κ2) is 5.55. The Bertz CT molecular complexity index is 354. The van der Waals surface area contributed by atoms with Crippen LogP contribution in [0, 0.1) is 0 Å². The van der Waals surface area contributed by atoms with Crippen LogP contribution in [0.4, 0.5) is 0 Å². The van der Waals surface area contributed by atoms with Crippen molar-refractivity contribution < 1.29 is 4.74 Å². The average Bonchev–Trinajstić information content (AvgIpc) is 2.74. The fourth-order valence-corrected chi connectivity index (χ4v) is 2.26. The second-order valence-electron chi connectivity index (χ2n) is 4.28. The van der Waals surface area contributed by atoms with Gasteiger partial charge in [0.15, 0.2) is 0 Å². The van der Waals surface area contributed by atoms with Crippen molar-refractivity contribution in [3.05, 3.63) is 29.3 Å². The fraction of sp³-hybridized carbons (Fsp3) is 0.538. The van der Waals surface area contributed by atoms with Gasteiger partial charge in [0.1, 0.15) is 5.75 Å². The molecule has 2 rings (SSSR count). The van der Waals surface area contributed by atoms with E-state index in [1.807, 2.05) is 0 Å². The summed E-state index contributed by atoms with van der Waals surface area (Å²) in [5.41, 5.74) is 2.75. The molecule has 0 saturated heterocycles. The molecule has 1 aromatic carbocycles. The summed E-state index contributed by atoms with van der Waals surface area (Å²) in [5, 5.41) is 0. The van der Waals surface area contributed by atoms with Gasteiger partial charge in [0, 0.05) is 25.4 Å². The van der Waals surface area contributed by atoms with Gasteiger partial charge in [-0.1, -0.05) is 12.1 Å². The molecule has 0 aromatic heterocycles. The molecule has 0 amide bonds. The smallest absolute Gasteiger partial charge is 0.122 e. The largest absolute Gasteiger partial charge is 0.493 e. The van der Waals surface area contributed by atoms with E-state index in [1.54, 1.807) is 0 Å². The predicted molar refractivity (Wildman–Crippen MR) is 67.6 cm³/mol. The molecule has 0 spiro atoms. The van der Waals surface area contributed by atoms with Gasteiger partial charge in [-0.3, -0.25) is 0 Å². The molecule has 3 heteroatoms. The molecule has 0 bridgehead atoms. The van der Waals surface area contributed by atoms with E-state index in [0.29, 0.717) is 5.88 Å². The van der Waals surface area contributed by atoms with Crippen LogP contribution in [0.25, 0.3) is 0 Å². The Hall–Kier alpha value is -0.730. The minimum absolute atomic E-state index is 0.703. The third-order valence-corrected chi connectivity index (χ3v) is 3.17. The van der Waals surface area contributed by atoms with Crippen LogP contribution in [0.2, 0.25) is 0 Å². The van der Waals surface area contributed by atoms with Crippen molar-refractivity contribution in [1.29, 1.82) is 0 Å². The molecular weight excluding hydrogens is 222 g/mol. The van der Waals surface area contributed by atoms with Crippen LogP contribution in [0.3, 0.4) is 0 Å². The van der Waals surface area contributed by atoms with Crippen LogP contribution in [-0.4, -0.2) is 37.5 Å². The van der Waals surface area contributed by atoms with Crippen LogP contribution in [0.15, 0.2) is 18.2 Å². The standard InChI is InChI=1S/C13H18ClNO/c1-15(8-6-14)7-4-11-2-3-13-12(10-11)5-9-16-13/h2-3,10H,4-9H2,1H3. The quantitative estimate of drug-likeness (QED) is 0.732. The highest BCUT2D eigenvalue weighted by atomic mass is 35.5. The monoisotopic (exact) mass is 239 g/mol. The van der Waals surface area contributed by atoms with Gasteiger partial charge in [0.2, 0.25) is 0 Å². The lowest BCUT2D eigenvalue weighted by atomic mass is 10.1. The summed E-state index contributed by atoms with van der Waals surface area (Å²) in [6.07, 6.45) is 2.14. The van der Waals surface area contributed by atoms with E-state index in [9.17, 15) is 0 Å². The molecule has 1 aliphatic rings. The number of hydrogen-bond acceptors (Lipinski definition) is 2. The fourth-order valence-electron chi connectivity index (χ4n) is 1.97. The summed E-state index contributed by atoms with van der Waals surface area (Å²) in [4.78, 5) is 2.26. The Morgan fingerprint density at radius 1 is 1.38 bits per heavy atom. The van der Waals surface area contributed by atoms with Gasteiger partial charge >= 0.3 is 0 Å². The first-order valence-electron chi connectivity index (χ1n) is 5.78. The molecular formula is C13H18ClNO. The van der Waals surface area contributed by atoms with Gasteiger partial charge in [-0.15, -0.1) is 11.6 Å². The number of fused-ring (bicyclic) bond motifs is 1. The zero-order chi connectivity index (χ0) is 11.4. The number of halogens is 1. The minimum atomic E-state index is 0.703. The van der Waals surface area contributed by atoms with Gasteiger partial charge in [-0.2, -0.15) is 0 Å². The highest BCUT2D eigenvalue weighted by Gasteiger charge is 2.11. The Morgan fingerprint density at radius 2 is 2.25 bits per heavy atom. The molecule has 0 N–H and O–H groups in total. The Morgan fingerprint density at radius 3 is 3.06 bits per heavy atom. The first-order valence-corrected chi connectivity index (χ1v) is 6.32. The van der Waals surface area contributed by atoms with Crippen LogP contribution in [-0.2, 0) is 12.8 Å². The maximum absolute atomic E-state index is 5.70. The Kier molecular flexibility index (Phi) is 4.08. The zero-order valence-electron chi connectivity index (χ0n) is 9.71. The highest BCUT2D eigenvalue weighted by Crippen LogP contribution is 2.25. The van der Waals surface area contributed by atoms with Crippen LogP contribution >= 0.6 is 11.6 Å². The summed E-state index contributed by atoms with van der Waals surface area (Å²) in [6, 6.07) is 6.54. The lowest BCUT2D eigenvalue weighted by Gasteiger charge is -2.14. The molecule has 0 saturated carbocycles. The van der Waals surface area contributed by atoms with Gasteiger partial charge in [0.05, 0.1) is 6.61 Å². The van der Waals surface area contributed by atoms with Crippen LogP contribution in [0.5, 0.6) is 5.75 Å². The molecule has 2 nitrogen and oxygen atoms in total. The van der Waals surface area contributed by atoms with Crippen molar-refractivity contribution in [3.8, 4) is 5.75 Å². The summed E-state index contributed by atoms with van der Waals surface area (Å²) >= 11 is 5.70. The summed E-state index contributed by atoms with van der Waals surface area (Å²) < 4.78 is 5.49. The van der Waals surface area contributed by atoms with Crippen LogP contribution in [0.1, 0.15) is 11.1 Å². The molecule has 0 radical (unpaired) electrons. The molecule has 0 fully saturated rings. The number of nitrogens with zero attached hydrogens (tertiary/aromatic N) is 1. The average molecular weight is 240 g/mol. The van der Waals surface area contributed by atoms with E-state index in [-0.39, 0.29) is 0 Å². The number of alkyl halides is 1. The molecule has 0 aliphatic carbocycles. The number of benzene rings is 1. The Labute approximate surface area is 102 Å². The van der Waals surface area contributed by atoms with Gasteiger partial charge in [0.25, 0.3) is 0 Å². The van der Waals surface area contributed by atoms with Gasteiger partial charge < -0.3 is 9.64 Å². The highest BCUT2D eigenvalue weighted by molar-refractivity contribution is 6.18. The summed E-state index contributed by atoms with van der Waals surface area (Å²) in [6.45, 7) is 2.85. The molecule has 88 valence electrons. The Balaban J connectivity index is 1.90.